The molecule has 0 spiro atoms. The third-order valence-electron chi connectivity index (χ3n) is 4.23. The van der Waals surface area contributed by atoms with Crippen LogP contribution in [0.2, 0.25) is 5.02 Å². The standard InChI is InChI=1S/C16H16ClFN6/c17-10-1-2-14(13(18)7-10)23-15-12-8-22-24(16(12)21-9-20-15)11-3-5-19-6-4-11/h1-2,7-9,11,19H,3-6H2,(H,20,21,23). The molecule has 0 amide bonds. The predicted molar refractivity (Wildman–Crippen MR) is 91.2 cm³/mol. The molecule has 1 aliphatic heterocycles. The van der Waals surface area contributed by atoms with Gasteiger partial charge in [0.15, 0.2) is 5.65 Å². The van der Waals surface area contributed by atoms with Crippen molar-refractivity contribution < 1.29 is 4.39 Å². The monoisotopic (exact) mass is 346 g/mol. The quantitative estimate of drug-likeness (QED) is 0.761. The minimum Gasteiger partial charge on any atom is -0.337 e. The van der Waals surface area contributed by atoms with E-state index in [4.69, 9.17) is 11.6 Å². The molecule has 1 fully saturated rings. The third-order valence-corrected chi connectivity index (χ3v) is 4.46. The van der Waals surface area contributed by atoms with Crippen molar-refractivity contribution in [3.05, 3.63) is 41.6 Å². The maximum Gasteiger partial charge on any atom is 0.163 e. The largest absolute Gasteiger partial charge is 0.337 e. The average molecular weight is 347 g/mol. The van der Waals surface area contributed by atoms with Crippen molar-refractivity contribution in [2.75, 3.05) is 18.4 Å². The Morgan fingerprint density at radius 3 is 2.88 bits per heavy atom. The van der Waals surface area contributed by atoms with E-state index < -0.39 is 5.82 Å². The summed E-state index contributed by atoms with van der Waals surface area (Å²) in [7, 11) is 0. The Kier molecular flexibility index (Phi) is 4.03. The van der Waals surface area contributed by atoms with E-state index in [1.165, 1.54) is 12.4 Å². The molecule has 0 aliphatic carbocycles. The Balaban J connectivity index is 1.70. The topological polar surface area (TPSA) is 67.7 Å². The van der Waals surface area contributed by atoms with Crippen LogP contribution in [0.25, 0.3) is 11.0 Å². The van der Waals surface area contributed by atoms with Crippen LogP contribution >= 0.6 is 11.6 Å². The molecule has 1 aromatic carbocycles. The second-order valence-corrected chi connectivity index (χ2v) is 6.22. The molecular formula is C16H16ClFN6. The molecule has 24 heavy (non-hydrogen) atoms. The molecule has 2 N–H and O–H groups in total. The zero-order chi connectivity index (χ0) is 16.5. The van der Waals surface area contributed by atoms with Crippen LogP contribution in [0, 0.1) is 5.82 Å². The first kappa shape index (κ1) is 15.3. The van der Waals surface area contributed by atoms with Crippen molar-refractivity contribution >= 4 is 34.1 Å². The van der Waals surface area contributed by atoms with Gasteiger partial charge in [0.25, 0.3) is 0 Å². The van der Waals surface area contributed by atoms with Gasteiger partial charge in [-0.2, -0.15) is 5.10 Å². The second kappa shape index (κ2) is 6.33. The van der Waals surface area contributed by atoms with Crippen molar-refractivity contribution in [2.24, 2.45) is 0 Å². The minimum atomic E-state index is -0.431. The summed E-state index contributed by atoms with van der Waals surface area (Å²) < 4.78 is 16.0. The number of rotatable bonds is 3. The van der Waals surface area contributed by atoms with Gasteiger partial charge in [-0.1, -0.05) is 11.6 Å². The van der Waals surface area contributed by atoms with Gasteiger partial charge >= 0.3 is 0 Å². The SMILES string of the molecule is Fc1cc(Cl)ccc1Nc1ncnc2c1cnn2C1CCNCC1. The smallest absolute Gasteiger partial charge is 0.163 e. The highest BCUT2D eigenvalue weighted by molar-refractivity contribution is 6.30. The number of piperidine rings is 1. The van der Waals surface area contributed by atoms with Crippen LogP contribution < -0.4 is 10.6 Å². The van der Waals surface area contributed by atoms with Crippen LogP contribution in [0.5, 0.6) is 0 Å². The normalized spacial score (nSPS) is 15.8. The van der Waals surface area contributed by atoms with Crippen molar-refractivity contribution in [3.63, 3.8) is 0 Å². The molecule has 0 saturated carbocycles. The zero-order valence-corrected chi connectivity index (χ0v) is 13.6. The van der Waals surface area contributed by atoms with Crippen LogP contribution in [0.3, 0.4) is 0 Å². The van der Waals surface area contributed by atoms with Gasteiger partial charge in [-0.15, -0.1) is 0 Å². The van der Waals surface area contributed by atoms with Gasteiger partial charge in [-0.05, 0) is 44.1 Å². The second-order valence-electron chi connectivity index (χ2n) is 5.78. The van der Waals surface area contributed by atoms with E-state index in [1.807, 2.05) is 4.68 Å². The summed E-state index contributed by atoms with van der Waals surface area (Å²) in [6.07, 6.45) is 5.22. The van der Waals surface area contributed by atoms with Gasteiger partial charge < -0.3 is 10.6 Å². The molecule has 124 valence electrons. The van der Waals surface area contributed by atoms with Crippen LogP contribution in [0.15, 0.2) is 30.7 Å². The number of hydrogen-bond donors (Lipinski definition) is 2. The van der Waals surface area contributed by atoms with Crippen LogP contribution in [0.4, 0.5) is 15.9 Å². The molecule has 0 unspecified atom stereocenters. The number of halogens is 2. The predicted octanol–water partition coefficient (Wildman–Crippen LogP) is 3.29. The lowest BCUT2D eigenvalue weighted by molar-refractivity contribution is 0.349. The fourth-order valence-electron chi connectivity index (χ4n) is 3.00. The number of fused-ring (bicyclic) bond motifs is 1. The number of aromatic nitrogens is 4. The first-order valence-corrected chi connectivity index (χ1v) is 8.21. The van der Waals surface area contributed by atoms with Gasteiger partial charge in [0.1, 0.15) is 18.0 Å². The van der Waals surface area contributed by atoms with Crippen molar-refractivity contribution in [3.8, 4) is 0 Å². The van der Waals surface area contributed by atoms with Gasteiger partial charge in [0.05, 0.1) is 23.3 Å². The number of hydrogen-bond acceptors (Lipinski definition) is 5. The lowest BCUT2D eigenvalue weighted by atomic mass is 10.1. The fraction of sp³-hybridized carbons (Fsp3) is 0.312. The molecule has 1 aliphatic rings. The zero-order valence-electron chi connectivity index (χ0n) is 12.8. The van der Waals surface area contributed by atoms with E-state index in [0.29, 0.717) is 22.6 Å². The van der Waals surface area contributed by atoms with E-state index >= 15 is 0 Å². The maximum absolute atomic E-state index is 14.0. The number of nitrogens with one attached hydrogen (secondary N) is 2. The van der Waals surface area contributed by atoms with E-state index in [2.05, 4.69) is 25.7 Å². The molecule has 4 rings (SSSR count). The van der Waals surface area contributed by atoms with E-state index in [-0.39, 0.29) is 0 Å². The van der Waals surface area contributed by atoms with Gasteiger partial charge in [0, 0.05) is 5.02 Å². The number of benzene rings is 1. The first-order valence-electron chi connectivity index (χ1n) is 7.83. The molecule has 0 atom stereocenters. The minimum absolute atomic E-state index is 0.314. The molecule has 0 bridgehead atoms. The Morgan fingerprint density at radius 2 is 2.08 bits per heavy atom. The highest BCUT2D eigenvalue weighted by Gasteiger charge is 2.20. The molecule has 6 nitrogen and oxygen atoms in total. The van der Waals surface area contributed by atoms with Crippen LogP contribution in [-0.2, 0) is 0 Å². The summed E-state index contributed by atoms with van der Waals surface area (Å²) in [5, 5.41) is 12.0. The maximum atomic E-state index is 14.0. The lowest BCUT2D eigenvalue weighted by Crippen LogP contribution is -2.29. The van der Waals surface area contributed by atoms with Crippen molar-refractivity contribution in [2.45, 2.75) is 18.9 Å². The summed E-state index contributed by atoms with van der Waals surface area (Å²) in [6.45, 7) is 1.94. The Labute approximate surface area is 143 Å². The number of nitrogens with zero attached hydrogens (tertiary/aromatic N) is 4. The van der Waals surface area contributed by atoms with E-state index in [1.54, 1.807) is 18.3 Å². The molecular weight excluding hydrogens is 331 g/mol. The highest BCUT2D eigenvalue weighted by Crippen LogP contribution is 2.28. The Bertz CT molecular complexity index is 874. The average Bonchev–Trinajstić information content (AvgIpc) is 3.03. The molecule has 3 heterocycles. The molecule has 0 radical (unpaired) electrons. The molecule has 2 aromatic heterocycles. The fourth-order valence-corrected chi connectivity index (χ4v) is 3.16. The number of anilines is 2. The summed E-state index contributed by atoms with van der Waals surface area (Å²) in [6, 6.07) is 4.80. The third kappa shape index (κ3) is 2.81. The van der Waals surface area contributed by atoms with Crippen LogP contribution in [0.1, 0.15) is 18.9 Å². The molecule has 1 saturated heterocycles. The highest BCUT2D eigenvalue weighted by atomic mass is 35.5. The molecule has 8 heteroatoms. The summed E-state index contributed by atoms with van der Waals surface area (Å²) in [5.74, 6) is 0.0985. The lowest BCUT2D eigenvalue weighted by Gasteiger charge is -2.23. The summed E-state index contributed by atoms with van der Waals surface area (Å²) in [5.41, 5.74) is 1.07. The van der Waals surface area contributed by atoms with E-state index in [9.17, 15) is 4.39 Å². The van der Waals surface area contributed by atoms with Crippen molar-refractivity contribution in [1.29, 1.82) is 0 Å². The van der Waals surface area contributed by atoms with Gasteiger partial charge in [-0.3, -0.25) is 0 Å². The van der Waals surface area contributed by atoms with E-state index in [0.717, 1.165) is 37.0 Å². The first-order chi connectivity index (χ1) is 11.7. The summed E-state index contributed by atoms with van der Waals surface area (Å²) >= 11 is 5.79. The van der Waals surface area contributed by atoms with Crippen LogP contribution in [-0.4, -0.2) is 32.8 Å². The van der Waals surface area contributed by atoms with Crippen molar-refractivity contribution in [1.82, 2.24) is 25.1 Å². The molecule has 3 aromatic rings. The van der Waals surface area contributed by atoms with Gasteiger partial charge in [-0.25, -0.2) is 19.0 Å². The summed E-state index contributed by atoms with van der Waals surface area (Å²) in [4.78, 5) is 8.61. The Hall–Kier alpha value is -2.25. The Morgan fingerprint density at radius 1 is 1.25 bits per heavy atom. The van der Waals surface area contributed by atoms with Gasteiger partial charge in [0.2, 0.25) is 0 Å².